The van der Waals surface area contributed by atoms with E-state index in [4.69, 9.17) is 18.6 Å². The van der Waals surface area contributed by atoms with Gasteiger partial charge in [-0.1, -0.05) is 44.2 Å². The number of hydrogen-bond acceptors (Lipinski definition) is 8. The minimum Gasteiger partial charge on any atom is -0.497 e. The number of carbonyl (C=O) groups excluding carboxylic acids is 3. The predicted octanol–water partition coefficient (Wildman–Crippen LogP) is 6.73. The molecule has 1 aromatic heterocycles. The molecule has 0 saturated carbocycles. The summed E-state index contributed by atoms with van der Waals surface area (Å²) in [4.78, 5) is 53.4. The molecule has 2 amide bonds. The average Bonchev–Trinajstić information content (AvgIpc) is 3.27. The van der Waals surface area contributed by atoms with E-state index in [9.17, 15) is 19.2 Å². The van der Waals surface area contributed by atoms with Crippen LogP contribution in [0.25, 0.3) is 11.0 Å². The second kappa shape index (κ2) is 11.5. The summed E-state index contributed by atoms with van der Waals surface area (Å²) in [6.45, 7) is 4.15. The van der Waals surface area contributed by atoms with Crippen molar-refractivity contribution in [3.63, 3.8) is 0 Å². The zero-order valence-corrected chi connectivity index (χ0v) is 24.2. The van der Waals surface area contributed by atoms with Gasteiger partial charge in [-0.05, 0) is 65.6 Å². The lowest BCUT2D eigenvalue weighted by Crippen LogP contribution is -2.29. The fourth-order valence-electron chi connectivity index (χ4n) is 5.03. The molecule has 1 aliphatic rings. The Labute approximate surface area is 252 Å². The molecule has 0 saturated heterocycles. The molecule has 6 rings (SSSR count). The van der Waals surface area contributed by atoms with Crippen LogP contribution in [0.2, 0.25) is 0 Å². The summed E-state index contributed by atoms with van der Waals surface area (Å²) in [7, 11) is 1.55. The van der Waals surface area contributed by atoms with Gasteiger partial charge in [0.15, 0.2) is 0 Å². The number of carbonyl (C=O) groups is 3. The molecule has 0 fully saturated rings. The molecule has 0 atom stereocenters. The Bertz CT molecular complexity index is 1990. The molecular formula is C35H27NO8. The Balaban J connectivity index is 1.19. The topological polar surface area (TPSA) is 112 Å². The molecule has 0 unspecified atom stereocenters. The van der Waals surface area contributed by atoms with Gasteiger partial charge in [-0.3, -0.25) is 19.3 Å². The van der Waals surface area contributed by atoms with Crippen molar-refractivity contribution < 1.29 is 33.0 Å². The molecule has 0 radical (unpaired) electrons. The number of hydrogen-bond donors (Lipinski definition) is 0. The first kappa shape index (κ1) is 28.4. The Hall–Kier alpha value is -5.70. The van der Waals surface area contributed by atoms with Crippen LogP contribution in [0.1, 0.15) is 62.0 Å². The summed E-state index contributed by atoms with van der Waals surface area (Å²) in [6.07, 6.45) is 1.23. The minimum absolute atomic E-state index is 0.0359. The van der Waals surface area contributed by atoms with Crippen LogP contribution in [-0.2, 0) is 6.54 Å². The third kappa shape index (κ3) is 5.31. The van der Waals surface area contributed by atoms with Crippen LogP contribution in [0, 0.1) is 0 Å². The fraction of sp³-hybridized carbons (Fsp3) is 0.143. The molecule has 9 heteroatoms. The third-order valence-electron chi connectivity index (χ3n) is 7.39. The molecular weight excluding hydrogens is 562 g/mol. The second-order valence-corrected chi connectivity index (χ2v) is 10.6. The Morgan fingerprint density at radius 1 is 0.818 bits per heavy atom. The van der Waals surface area contributed by atoms with Crippen LogP contribution in [-0.4, -0.2) is 29.8 Å². The van der Waals surface area contributed by atoms with Crippen LogP contribution >= 0.6 is 0 Å². The summed E-state index contributed by atoms with van der Waals surface area (Å²) in [5, 5.41) is 0.253. The number of rotatable bonds is 8. The summed E-state index contributed by atoms with van der Waals surface area (Å²) in [5.74, 6) is -0.0967. The van der Waals surface area contributed by atoms with Gasteiger partial charge in [0, 0.05) is 6.07 Å². The average molecular weight is 590 g/mol. The molecule has 9 nitrogen and oxygen atoms in total. The number of methoxy groups -OCH3 is 1. The lowest BCUT2D eigenvalue weighted by Gasteiger charge is -2.14. The molecule has 0 N–H and O–H groups in total. The van der Waals surface area contributed by atoms with Crippen molar-refractivity contribution in [1.29, 1.82) is 0 Å². The van der Waals surface area contributed by atoms with E-state index in [1.165, 1.54) is 42.7 Å². The summed E-state index contributed by atoms with van der Waals surface area (Å²) in [5.41, 5.74) is 1.96. The van der Waals surface area contributed by atoms with Crippen LogP contribution in [0.15, 0.2) is 100 Å². The Morgan fingerprint density at radius 2 is 1.55 bits per heavy atom. The van der Waals surface area contributed by atoms with Crippen molar-refractivity contribution in [2.45, 2.75) is 26.3 Å². The number of fused-ring (bicyclic) bond motifs is 2. The van der Waals surface area contributed by atoms with Gasteiger partial charge in [0.05, 0.1) is 35.7 Å². The van der Waals surface area contributed by atoms with Crippen molar-refractivity contribution in [3.8, 4) is 23.0 Å². The predicted molar refractivity (Wildman–Crippen MR) is 162 cm³/mol. The number of ether oxygens (including phenoxy) is 3. The van der Waals surface area contributed by atoms with Crippen molar-refractivity contribution in [2.75, 3.05) is 7.11 Å². The van der Waals surface area contributed by atoms with Crippen molar-refractivity contribution in [2.24, 2.45) is 0 Å². The summed E-state index contributed by atoms with van der Waals surface area (Å²) < 4.78 is 22.3. The van der Waals surface area contributed by atoms with Gasteiger partial charge in [0.2, 0.25) is 11.2 Å². The maximum absolute atomic E-state index is 13.1. The van der Waals surface area contributed by atoms with E-state index in [0.29, 0.717) is 11.5 Å². The van der Waals surface area contributed by atoms with E-state index in [-0.39, 0.29) is 57.1 Å². The highest BCUT2D eigenvalue weighted by Crippen LogP contribution is 2.31. The van der Waals surface area contributed by atoms with Crippen LogP contribution in [0.3, 0.4) is 0 Å². The highest BCUT2D eigenvalue weighted by atomic mass is 16.5. The van der Waals surface area contributed by atoms with Gasteiger partial charge in [-0.2, -0.15) is 0 Å². The highest BCUT2D eigenvalue weighted by Gasteiger charge is 2.36. The van der Waals surface area contributed by atoms with Crippen molar-refractivity contribution in [3.05, 3.63) is 129 Å². The van der Waals surface area contributed by atoms with E-state index in [1.54, 1.807) is 37.4 Å². The molecule has 0 spiro atoms. The maximum atomic E-state index is 13.1. The largest absolute Gasteiger partial charge is 0.497 e. The third-order valence-corrected chi connectivity index (χ3v) is 7.39. The van der Waals surface area contributed by atoms with E-state index in [0.717, 1.165) is 16.0 Å². The lowest BCUT2D eigenvalue weighted by molar-refractivity contribution is 0.0641. The lowest BCUT2D eigenvalue weighted by atomic mass is 10.0. The van der Waals surface area contributed by atoms with Gasteiger partial charge in [-0.25, -0.2) is 4.79 Å². The first-order valence-electron chi connectivity index (χ1n) is 13.9. The van der Waals surface area contributed by atoms with Crippen molar-refractivity contribution in [1.82, 2.24) is 4.90 Å². The molecule has 0 aliphatic carbocycles. The Morgan fingerprint density at radius 3 is 2.30 bits per heavy atom. The molecule has 1 aliphatic heterocycles. The summed E-state index contributed by atoms with van der Waals surface area (Å²) >= 11 is 0. The quantitative estimate of drug-likeness (QED) is 0.111. The van der Waals surface area contributed by atoms with Gasteiger partial charge in [-0.15, -0.1) is 0 Å². The number of amides is 2. The number of imide groups is 1. The molecule has 4 aromatic carbocycles. The molecule has 44 heavy (non-hydrogen) atoms. The molecule has 2 heterocycles. The minimum atomic E-state index is -0.742. The molecule has 5 aromatic rings. The first-order valence-corrected chi connectivity index (χ1v) is 13.9. The highest BCUT2D eigenvalue weighted by molar-refractivity contribution is 6.21. The van der Waals surface area contributed by atoms with Gasteiger partial charge >= 0.3 is 5.97 Å². The fourth-order valence-corrected chi connectivity index (χ4v) is 5.03. The van der Waals surface area contributed by atoms with E-state index in [1.807, 2.05) is 32.0 Å². The first-order chi connectivity index (χ1) is 21.2. The SMILES string of the molecule is COc1ccc(CN2C(=O)c3ccc(C(=O)Oc4ccc5c(=O)c(Oc6ccccc6C(C)C)coc5c4)cc3C2=O)cc1. The maximum Gasteiger partial charge on any atom is 0.343 e. The number of esters is 1. The van der Waals surface area contributed by atoms with E-state index in [2.05, 4.69) is 0 Å². The van der Waals surface area contributed by atoms with Gasteiger partial charge in [0.1, 0.15) is 29.1 Å². The van der Waals surface area contributed by atoms with Crippen LogP contribution in [0.4, 0.5) is 0 Å². The van der Waals surface area contributed by atoms with E-state index >= 15 is 0 Å². The molecule has 0 bridgehead atoms. The van der Waals surface area contributed by atoms with Gasteiger partial charge in [0.25, 0.3) is 11.8 Å². The second-order valence-electron chi connectivity index (χ2n) is 10.6. The normalized spacial score (nSPS) is 12.5. The number of nitrogens with zero attached hydrogens (tertiary/aromatic N) is 1. The van der Waals surface area contributed by atoms with Crippen molar-refractivity contribution >= 4 is 28.8 Å². The van der Waals surface area contributed by atoms with Crippen LogP contribution in [0.5, 0.6) is 23.0 Å². The molecule has 220 valence electrons. The number of benzene rings is 4. The smallest absolute Gasteiger partial charge is 0.343 e. The zero-order valence-electron chi connectivity index (χ0n) is 24.2. The zero-order chi connectivity index (χ0) is 31.0. The number of para-hydroxylation sites is 1. The standard InChI is InChI=1S/C35H27NO8/c1-20(2)25-6-4-5-7-29(25)44-31-19-42-30-17-24(13-15-27(30)32(31)37)43-35(40)22-10-14-26-28(16-22)34(39)36(33(26)38)18-21-8-11-23(41-3)12-9-21/h4-17,19-20H,18H2,1-3H3. The van der Waals surface area contributed by atoms with Gasteiger partial charge < -0.3 is 18.6 Å². The Kier molecular flexibility index (Phi) is 7.45. The van der Waals surface area contributed by atoms with Crippen LogP contribution < -0.4 is 19.6 Å². The van der Waals surface area contributed by atoms with E-state index < -0.39 is 17.8 Å². The monoisotopic (exact) mass is 589 g/mol. The summed E-state index contributed by atoms with van der Waals surface area (Å²) in [6, 6.07) is 23.1.